The van der Waals surface area contributed by atoms with E-state index < -0.39 is 0 Å². The van der Waals surface area contributed by atoms with Crippen molar-refractivity contribution >= 4 is 6.29 Å². The Bertz CT molecular complexity index is 418. The zero-order chi connectivity index (χ0) is 11.1. The number of hydrogen-bond donors (Lipinski definition) is 0. The van der Waals surface area contributed by atoms with Crippen LogP contribution >= 0.6 is 0 Å². The first-order valence-corrected chi connectivity index (χ1v) is 6.34. The molecule has 1 saturated carbocycles. The second-order valence-corrected chi connectivity index (χ2v) is 5.30. The average Bonchev–Trinajstić information content (AvgIpc) is 2.54. The van der Waals surface area contributed by atoms with Crippen molar-refractivity contribution in [2.75, 3.05) is 0 Å². The molecular weight excluding hydrogens is 200 g/mol. The Morgan fingerprint density at radius 1 is 1.38 bits per heavy atom. The molecule has 1 aromatic rings. The van der Waals surface area contributed by atoms with Crippen LogP contribution in [0.2, 0.25) is 0 Å². The topological polar surface area (TPSA) is 34.9 Å². The molecule has 3 heteroatoms. The van der Waals surface area contributed by atoms with Crippen molar-refractivity contribution in [2.24, 2.45) is 5.92 Å². The number of carbonyl (C=O) groups excluding carboxylic acids is 1. The van der Waals surface area contributed by atoms with Gasteiger partial charge in [0.2, 0.25) is 0 Å². The SMILES string of the molecule is CC1CCc2c(C=O)nc(C3CCC3)n2C1. The molecular formula is C13H18N2O. The third kappa shape index (κ3) is 1.41. The lowest BCUT2D eigenvalue weighted by atomic mass is 9.84. The van der Waals surface area contributed by atoms with Crippen LogP contribution in [0.4, 0.5) is 0 Å². The van der Waals surface area contributed by atoms with Crippen LogP contribution in [0, 0.1) is 5.92 Å². The Hall–Kier alpha value is -1.12. The van der Waals surface area contributed by atoms with Crippen LogP contribution in [0.3, 0.4) is 0 Å². The number of hydrogen-bond acceptors (Lipinski definition) is 2. The molecule has 1 unspecified atom stereocenters. The number of rotatable bonds is 2. The molecule has 1 fully saturated rings. The summed E-state index contributed by atoms with van der Waals surface area (Å²) in [7, 11) is 0. The molecule has 86 valence electrons. The summed E-state index contributed by atoms with van der Waals surface area (Å²) in [5, 5.41) is 0. The summed E-state index contributed by atoms with van der Waals surface area (Å²) >= 11 is 0. The fraction of sp³-hybridized carbons (Fsp3) is 0.692. The lowest BCUT2D eigenvalue weighted by Gasteiger charge is -2.29. The zero-order valence-electron chi connectivity index (χ0n) is 9.78. The molecule has 0 N–H and O–H groups in total. The van der Waals surface area contributed by atoms with Gasteiger partial charge in [0.15, 0.2) is 6.29 Å². The molecule has 2 aliphatic rings. The maximum absolute atomic E-state index is 11.0. The molecule has 0 aromatic carbocycles. The lowest BCUT2D eigenvalue weighted by Crippen LogP contribution is -2.23. The first kappa shape index (κ1) is 10.1. The molecule has 1 aliphatic heterocycles. The fourth-order valence-electron chi connectivity index (χ4n) is 2.85. The predicted molar refractivity (Wildman–Crippen MR) is 61.7 cm³/mol. The minimum atomic E-state index is 0.623. The van der Waals surface area contributed by atoms with Crippen molar-refractivity contribution in [3.8, 4) is 0 Å². The van der Waals surface area contributed by atoms with E-state index in [2.05, 4.69) is 16.5 Å². The minimum absolute atomic E-state index is 0.623. The van der Waals surface area contributed by atoms with Gasteiger partial charge in [-0.1, -0.05) is 13.3 Å². The second-order valence-electron chi connectivity index (χ2n) is 5.30. The van der Waals surface area contributed by atoms with Gasteiger partial charge in [0.1, 0.15) is 11.5 Å². The van der Waals surface area contributed by atoms with Crippen molar-refractivity contribution in [1.29, 1.82) is 0 Å². The van der Waals surface area contributed by atoms with Crippen LogP contribution in [-0.4, -0.2) is 15.8 Å². The Morgan fingerprint density at radius 2 is 2.19 bits per heavy atom. The number of aldehydes is 1. The van der Waals surface area contributed by atoms with E-state index in [9.17, 15) is 4.79 Å². The van der Waals surface area contributed by atoms with Crippen LogP contribution in [0.1, 0.15) is 60.5 Å². The minimum Gasteiger partial charge on any atom is -0.331 e. The number of aromatic nitrogens is 2. The van der Waals surface area contributed by atoms with Gasteiger partial charge >= 0.3 is 0 Å². The van der Waals surface area contributed by atoms with E-state index >= 15 is 0 Å². The standard InChI is InChI=1S/C13H18N2O/c1-9-5-6-12-11(8-16)14-13(15(12)7-9)10-3-2-4-10/h8-10H,2-7H2,1H3. The molecule has 1 atom stereocenters. The third-order valence-corrected chi connectivity index (χ3v) is 4.08. The van der Waals surface area contributed by atoms with Crippen LogP contribution in [0.5, 0.6) is 0 Å². The van der Waals surface area contributed by atoms with Crippen LogP contribution in [0.15, 0.2) is 0 Å². The smallest absolute Gasteiger partial charge is 0.170 e. The van der Waals surface area contributed by atoms with Crippen molar-refractivity contribution in [3.63, 3.8) is 0 Å². The molecule has 1 aromatic heterocycles. The highest BCUT2D eigenvalue weighted by atomic mass is 16.1. The van der Waals surface area contributed by atoms with Crippen molar-refractivity contribution < 1.29 is 4.79 Å². The maximum atomic E-state index is 11.0. The summed E-state index contributed by atoms with van der Waals surface area (Å²) < 4.78 is 2.34. The van der Waals surface area contributed by atoms with E-state index in [1.165, 1.54) is 37.2 Å². The van der Waals surface area contributed by atoms with Crippen LogP contribution in [0.25, 0.3) is 0 Å². The summed E-state index contributed by atoms with van der Waals surface area (Å²) in [6.07, 6.45) is 6.97. The van der Waals surface area contributed by atoms with Gasteiger partial charge in [0, 0.05) is 18.2 Å². The van der Waals surface area contributed by atoms with E-state index in [1.807, 2.05) is 0 Å². The molecule has 16 heavy (non-hydrogen) atoms. The van der Waals surface area contributed by atoms with Gasteiger partial charge in [-0.3, -0.25) is 4.79 Å². The van der Waals surface area contributed by atoms with Crippen LogP contribution in [-0.2, 0) is 13.0 Å². The zero-order valence-corrected chi connectivity index (χ0v) is 9.78. The first-order chi connectivity index (χ1) is 7.79. The summed E-state index contributed by atoms with van der Waals surface area (Å²) in [5.74, 6) is 2.53. The molecule has 0 spiro atoms. The van der Waals surface area contributed by atoms with Crippen molar-refractivity contribution in [3.05, 3.63) is 17.2 Å². The van der Waals surface area contributed by atoms with Crippen LogP contribution < -0.4 is 0 Å². The molecule has 0 bridgehead atoms. The number of fused-ring (bicyclic) bond motifs is 1. The molecule has 1 aliphatic carbocycles. The Balaban J connectivity index is 2.03. The van der Waals surface area contributed by atoms with Crippen molar-refractivity contribution in [2.45, 2.75) is 51.5 Å². The Kier molecular flexibility index (Phi) is 2.34. The first-order valence-electron chi connectivity index (χ1n) is 6.34. The molecule has 0 saturated heterocycles. The molecule has 0 radical (unpaired) electrons. The number of carbonyl (C=O) groups is 1. The number of imidazole rings is 1. The van der Waals surface area contributed by atoms with Gasteiger partial charge in [0.05, 0.1) is 0 Å². The maximum Gasteiger partial charge on any atom is 0.170 e. The normalized spacial score (nSPS) is 24.9. The highest BCUT2D eigenvalue weighted by molar-refractivity contribution is 5.74. The highest BCUT2D eigenvalue weighted by Crippen LogP contribution is 2.38. The van der Waals surface area contributed by atoms with Gasteiger partial charge in [-0.25, -0.2) is 4.98 Å². The summed E-state index contributed by atoms with van der Waals surface area (Å²) in [4.78, 5) is 15.6. The van der Waals surface area contributed by atoms with E-state index in [4.69, 9.17) is 0 Å². The monoisotopic (exact) mass is 218 g/mol. The lowest BCUT2D eigenvalue weighted by molar-refractivity contribution is 0.111. The summed E-state index contributed by atoms with van der Waals surface area (Å²) in [5.41, 5.74) is 1.89. The quantitative estimate of drug-likeness (QED) is 0.715. The van der Waals surface area contributed by atoms with Gasteiger partial charge < -0.3 is 4.57 Å². The molecule has 3 nitrogen and oxygen atoms in total. The van der Waals surface area contributed by atoms with E-state index in [1.54, 1.807) is 0 Å². The Labute approximate surface area is 95.9 Å². The molecule has 2 heterocycles. The van der Waals surface area contributed by atoms with E-state index in [0.717, 1.165) is 25.2 Å². The molecule has 3 rings (SSSR count). The fourth-order valence-corrected chi connectivity index (χ4v) is 2.85. The summed E-state index contributed by atoms with van der Waals surface area (Å²) in [6, 6.07) is 0. The average molecular weight is 218 g/mol. The predicted octanol–water partition coefficient (Wildman–Crippen LogP) is 2.55. The molecule has 0 amide bonds. The van der Waals surface area contributed by atoms with Gasteiger partial charge in [-0.05, 0) is 31.6 Å². The Morgan fingerprint density at radius 3 is 2.81 bits per heavy atom. The van der Waals surface area contributed by atoms with Crippen molar-refractivity contribution in [1.82, 2.24) is 9.55 Å². The largest absolute Gasteiger partial charge is 0.331 e. The number of nitrogens with zero attached hydrogens (tertiary/aromatic N) is 2. The van der Waals surface area contributed by atoms with E-state index in [-0.39, 0.29) is 0 Å². The second kappa shape index (κ2) is 3.72. The van der Waals surface area contributed by atoms with E-state index in [0.29, 0.717) is 11.6 Å². The summed E-state index contributed by atoms with van der Waals surface area (Å²) in [6.45, 7) is 3.34. The van der Waals surface area contributed by atoms with Gasteiger partial charge in [-0.15, -0.1) is 0 Å². The highest BCUT2D eigenvalue weighted by Gasteiger charge is 2.29. The van der Waals surface area contributed by atoms with Gasteiger partial charge in [0.25, 0.3) is 0 Å². The third-order valence-electron chi connectivity index (χ3n) is 4.08. The van der Waals surface area contributed by atoms with Gasteiger partial charge in [-0.2, -0.15) is 0 Å².